The van der Waals surface area contributed by atoms with E-state index in [9.17, 15) is 9.00 Å². The first kappa shape index (κ1) is 13.5. The standard InChI is InChI=1S/C16H17NO2S/c1-10-6-11(2-3-12(10)9-17)16(18)13-7-14-4-5-15(8-13)20(14)19/h2-3,6,13-15H,4-5,7-8H2,1H3. The Morgan fingerprint density at radius 3 is 2.50 bits per heavy atom. The van der Waals surface area contributed by atoms with Crippen LogP contribution in [0.5, 0.6) is 0 Å². The second-order valence-corrected chi connectivity index (χ2v) is 7.81. The largest absolute Gasteiger partial charge is 0.294 e. The minimum absolute atomic E-state index is 0.0116. The summed E-state index contributed by atoms with van der Waals surface area (Å²) in [7, 11) is -0.717. The van der Waals surface area contributed by atoms with Gasteiger partial charge in [-0.15, -0.1) is 0 Å². The smallest absolute Gasteiger partial charge is 0.166 e. The maximum atomic E-state index is 12.6. The molecule has 2 unspecified atom stereocenters. The minimum atomic E-state index is -0.717. The molecule has 1 aromatic rings. The van der Waals surface area contributed by atoms with Crippen LogP contribution < -0.4 is 0 Å². The van der Waals surface area contributed by atoms with Gasteiger partial charge in [-0.2, -0.15) is 5.26 Å². The highest BCUT2D eigenvalue weighted by Crippen LogP contribution is 2.39. The highest BCUT2D eigenvalue weighted by molar-refractivity contribution is 7.86. The summed E-state index contributed by atoms with van der Waals surface area (Å²) in [6.45, 7) is 1.86. The second-order valence-electron chi connectivity index (χ2n) is 5.82. The van der Waals surface area contributed by atoms with E-state index < -0.39 is 10.8 Å². The quantitative estimate of drug-likeness (QED) is 0.786. The fourth-order valence-corrected chi connectivity index (χ4v) is 5.55. The topological polar surface area (TPSA) is 57.9 Å². The lowest BCUT2D eigenvalue weighted by molar-refractivity contribution is 0.0906. The maximum Gasteiger partial charge on any atom is 0.166 e. The second kappa shape index (κ2) is 5.14. The van der Waals surface area contributed by atoms with Gasteiger partial charge >= 0.3 is 0 Å². The zero-order valence-electron chi connectivity index (χ0n) is 11.5. The van der Waals surface area contributed by atoms with E-state index in [4.69, 9.17) is 5.26 Å². The molecular formula is C16H17NO2S. The van der Waals surface area contributed by atoms with E-state index in [-0.39, 0.29) is 22.2 Å². The van der Waals surface area contributed by atoms with Gasteiger partial charge in [0.25, 0.3) is 0 Å². The van der Waals surface area contributed by atoms with Gasteiger partial charge < -0.3 is 0 Å². The van der Waals surface area contributed by atoms with E-state index >= 15 is 0 Å². The maximum absolute atomic E-state index is 12.6. The van der Waals surface area contributed by atoms with Gasteiger partial charge in [-0.1, -0.05) is 6.07 Å². The molecule has 0 N–H and O–H groups in total. The van der Waals surface area contributed by atoms with E-state index in [1.165, 1.54) is 0 Å². The molecule has 0 spiro atoms. The van der Waals surface area contributed by atoms with Gasteiger partial charge in [-0.05, 0) is 50.3 Å². The molecule has 0 aliphatic carbocycles. The van der Waals surface area contributed by atoms with Gasteiger partial charge in [0.1, 0.15) is 0 Å². The molecule has 2 heterocycles. The molecule has 3 nitrogen and oxygen atoms in total. The predicted octanol–water partition coefficient (Wildman–Crippen LogP) is 2.74. The van der Waals surface area contributed by atoms with Gasteiger partial charge in [0.05, 0.1) is 11.6 Å². The predicted molar refractivity (Wildman–Crippen MR) is 77.9 cm³/mol. The zero-order chi connectivity index (χ0) is 14.3. The van der Waals surface area contributed by atoms with Crippen molar-refractivity contribution < 1.29 is 9.00 Å². The number of carbonyl (C=O) groups excluding carboxylic acids is 1. The fraction of sp³-hybridized carbons (Fsp3) is 0.500. The molecule has 0 aromatic heterocycles. The van der Waals surface area contributed by atoms with E-state index in [0.29, 0.717) is 11.1 Å². The van der Waals surface area contributed by atoms with Gasteiger partial charge in [-0.3, -0.25) is 9.00 Å². The Morgan fingerprint density at radius 1 is 1.30 bits per heavy atom. The summed E-state index contributed by atoms with van der Waals surface area (Å²) in [5.74, 6) is 0.170. The third-order valence-electron chi connectivity index (χ3n) is 4.56. The molecule has 0 amide bonds. The van der Waals surface area contributed by atoms with Crippen LogP contribution in [0.25, 0.3) is 0 Å². The molecule has 3 rings (SSSR count). The monoisotopic (exact) mass is 287 g/mol. The van der Waals surface area contributed by atoms with E-state index in [1.807, 2.05) is 13.0 Å². The van der Waals surface area contributed by atoms with E-state index in [2.05, 4.69) is 6.07 Å². The van der Waals surface area contributed by atoms with Crippen LogP contribution in [-0.4, -0.2) is 20.5 Å². The third kappa shape index (κ3) is 2.20. The van der Waals surface area contributed by atoms with Crippen LogP contribution in [0, 0.1) is 24.2 Å². The van der Waals surface area contributed by atoms with Crippen LogP contribution in [0.2, 0.25) is 0 Å². The van der Waals surface area contributed by atoms with Crippen molar-refractivity contribution in [3.05, 3.63) is 34.9 Å². The first-order chi connectivity index (χ1) is 9.60. The average Bonchev–Trinajstić information content (AvgIpc) is 2.67. The number of aryl methyl sites for hydroxylation is 1. The number of fused-ring (bicyclic) bond motifs is 2. The lowest BCUT2D eigenvalue weighted by atomic mass is 9.89. The van der Waals surface area contributed by atoms with Crippen molar-refractivity contribution in [3.8, 4) is 6.07 Å². The fourth-order valence-electron chi connectivity index (χ4n) is 3.42. The van der Waals surface area contributed by atoms with Gasteiger partial charge in [0, 0.05) is 32.8 Å². The highest BCUT2D eigenvalue weighted by Gasteiger charge is 2.42. The summed E-state index contributed by atoms with van der Waals surface area (Å²) < 4.78 is 12.0. The molecule has 1 aromatic carbocycles. The Kier molecular flexibility index (Phi) is 3.47. The number of hydrogen-bond acceptors (Lipinski definition) is 3. The Balaban J connectivity index is 1.82. The SMILES string of the molecule is Cc1cc(C(=O)C2CC3CCC(C2)S3=O)ccc1C#N. The Labute approximate surface area is 121 Å². The number of Topliss-reactive ketones (excluding diaryl/α,β-unsaturated/α-hetero) is 1. The van der Waals surface area contributed by atoms with E-state index in [1.54, 1.807) is 12.1 Å². The van der Waals surface area contributed by atoms with Crippen LogP contribution in [0.3, 0.4) is 0 Å². The number of carbonyl (C=O) groups is 1. The summed E-state index contributed by atoms with van der Waals surface area (Å²) in [5, 5.41) is 9.38. The van der Waals surface area contributed by atoms with Crippen LogP contribution in [-0.2, 0) is 10.8 Å². The number of rotatable bonds is 2. The number of ketones is 1. The molecule has 20 heavy (non-hydrogen) atoms. The lowest BCUT2D eigenvalue weighted by Crippen LogP contribution is -2.32. The lowest BCUT2D eigenvalue weighted by Gasteiger charge is -2.26. The van der Waals surface area contributed by atoms with Crippen LogP contribution >= 0.6 is 0 Å². The van der Waals surface area contributed by atoms with Gasteiger partial charge in [-0.25, -0.2) is 0 Å². The molecule has 2 atom stereocenters. The minimum Gasteiger partial charge on any atom is -0.294 e. The molecule has 2 saturated heterocycles. The van der Waals surface area contributed by atoms with Crippen molar-refractivity contribution in [1.29, 1.82) is 5.26 Å². The zero-order valence-corrected chi connectivity index (χ0v) is 12.3. The Morgan fingerprint density at radius 2 is 1.95 bits per heavy atom. The first-order valence-electron chi connectivity index (χ1n) is 7.04. The van der Waals surface area contributed by atoms with Crippen molar-refractivity contribution in [2.24, 2.45) is 5.92 Å². The summed E-state index contributed by atoms with van der Waals surface area (Å²) in [6.07, 6.45) is 3.54. The summed E-state index contributed by atoms with van der Waals surface area (Å²) >= 11 is 0. The first-order valence-corrected chi connectivity index (χ1v) is 8.32. The van der Waals surface area contributed by atoms with E-state index in [0.717, 1.165) is 31.2 Å². The summed E-state index contributed by atoms with van der Waals surface area (Å²) in [5.41, 5.74) is 2.16. The van der Waals surface area contributed by atoms with Crippen molar-refractivity contribution in [1.82, 2.24) is 0 Å². The molecule has 2 bridgehead atoms. The number of benzene rings is 1. The Bertz CT molecular complexity index is 616. The van der Waals surface area contributed by atoms with Crippen LogP contribution in [0.15, 0.2) is 18.2 Å². The summed E-state index contributed by atoms with van der Waals surface area (Å²) in [4.78, 5) is 12.6. The van der Waals surface area contributed by atoms with Crippen LogP contribution in [0.4, 0.5) is 0 Å². The van der Waals surface area contributed by atoms with Gasteiger partial charge in [0.2, 0.25) is 0 Å². The molecule has 0 radical (unpaired) electrons. The van der Waals surface area contributed by atoms with Gasteiger partial charge in [0.15, 0.2) is 5.78 Å². The van der Waals surface area contributed by atoms with Crippen molar-refractivity contribution >= 4 is 16.6 Å². The number of nitriles is 1. The number of nitrogens with zero attached hydrogens (tertiary/aromatic N) is 1. The van der Waals surface area contributed by atoms with Crippen molar-refractivity contribution in [2.45, 2.75) is 43.1 Å². The van der Waals surface area contributed by atoms with Crippen molar-refractivity contribution in [3.63, 3.8) is 0 Å². The highest BCUT2D eigenvalue weighted by atomic mass is 32.2. The molecule has 0 saturated carbocycles. The normalized spacial score (nSPS) is 31.8. The molecule has 104 valence electrons. The summed E-state index contributed by atoms with van der Waals surface area (Å²) in [6, 6.07) is 7.40. The average molecular weight is 287 g/mol. The van der Waals surface area contributed by atoms with Crippen LogP contribution in [0.1, 0.15) is 47.2 Å². The number of hydrogen-bond donors (Lipinski definition) is 0. The molecule has 4 heteroatoms. The third-order valence-corrected chi connectivity index (χ3v) is 6.74. The molecule has 2 aliphatic heterocycles. The molecule has 2 fully saturated rings. The molecule has 2 aliphatic rings. The Hall–Kier alpha value is -1.47. The molecular weight excluding hydrogens is 270 g/mol. The van der Waals surface area contributed by atoms with Crippen molar-refractivity contribution in [2.75, 3.05) is 0 Å².